The smallest absolute Gasteiger partial charge is 0.235 e. The van der Waals surface area contributed by atoms with E-state index in [2.05, 4.69) is 33.8 Å². The molecule has 0 atom stereocenters. The zero-order valence-corrected chi connectivity index (χ0v) is 16.9. The highest BCUT2D eigenvalue weighted by Gasteiger charge is 2.21. The lowest BCUT2D eigenvalue weighted by molar-refractivity contribution is -0.307. The first-order valence-electron chi connectivity index (χ1n) is 9.38. The van der Waals surface area contributed by atoms with E-state index in [4.69, 9.17) is 13.9 Å². The Bertz CT molecular complexity index is 1100. The van der Waals surface area contributed by atoms with Gasteiger partial charge in [-0.1, -0.05) is 39.8 Å². The Morgan fingerprint density at radius 2 is 1.86 bits per heavy atom. The van der Waals surface area contributed by atoms with Crippen LogP contribution in [0.4, 0.5) is 0 Å². The van der Waals surface area contributed by atoms with E-state index in [1.54, 1.807) is 0 Å². The Balaban J connectivity index is 1.97. The van der Waals surface area contributed by atoms with E-state index in [0.29, 0.717) is 11.1 Å². The molecule has 6 nitrogen and oxygen atoms in total. The number of hydrogen-bond donors (Lipinski definition) is 0. The second kappa shape index (κ2) is 7.99. The molecule has 29 heavy (non-hydrogen) atoms. The minimum Gasteiger partial charge on any atom is -0.546 e. The summed E-state index contributed by atoms with van der Waals surface area (Å²) >= 11 is 0. The van der Waals surface area contributed by atoms with Gasteiger partial charge in [0.15, 0.2) is 0 Å². The van der Waals surface area contributed by atoms with Crippen molar-refractivity contribution in [2.45, 2.75) is 39.5 Å². The van der Waals surface area contributed by atoms with Gasteiger partial charge in [-0.05, 0) is 35.6 Å². The molecule has 0 radical (unpaired) electrons. The number of benzene rings is 2. The van der Waals surface area contributed by atoms with E-state index in [9.17, 15) is 14.7 Å². The summed E-state index contributed by atoms with van der Waals surface area (Å²) in [5.41, 5.74) is 1.98. The van der Waals surface area contributed by atoms with Crippen molar-refractivity contribution in [3.8, 4) is 17.2 Å². The van der Waals surface area contributed by atoms with Crippen LogP contribution in [0.2, 0.25) is 0 Å². The fourth-order valence-electron chi connectivity index (χ4n) is 2.98. The van der Waals surface area contributed by atoms with Crippen molar-refractivity contribution in [1.82, 2.24) is 0 Å². The van der Waals surface area contributed by atoms with Crippen LogP contribution in [0.5, 0.6) is 17.2 Å². The van der Waals surface area contributed by atoms with Crippen molar-refractivity contribution in [2.75, 3.05) is 6.61 Å². The maximum atomic E-state index is 12.9. The molecule has 0 aliphatic heterocycles. The summed E-state index contributed by atoms with van der Waals surface area (Å²) in [6, 6.07) is 10.4. The highest BCUT2D eigenvalue weighted by atomic mass is 16.5. The SMILES string of the molecule is CCc1ccc(Oc2coc3cc(OCC(=O)[O-])ccc3c2=O)c(C(C)(C)C)c1. The maximum Gasteiger partial charge on any atom is 0.235 e. The quantitative estimate of drug-likeness (QED) is 0.634. The zero-order valence-electron chi connectivity index (χ0n) is 16.9. The van der Waals surface area contributed by atoms with Gasteiger partial charge >= 0.3 is 0 Å². The molecule has 1 aromatic heterocycles. The lowest BCUT2D eigenvalue weighted by Crippen LogP contribution is -2.28. The van der Waals surface area contributed by atoms with Crippen LogP contribution in [0.1, 0.15) is 38.8 Å². The first-order valence-corrected chi connectivity index (χ1v) is 9.38. The van der Waals surface area contributed by atoms with Crippen molar-refractivity contribution in [3.05, 3.63) is 64.0 Å². The van der Waals surface area contributed by atoms with Crippen molar-refractivity contribution >= 4 is 16.9 Å². The van der Waals surface area contributed by atoms with Gasteiger partial charge < -0.3 is 23.8 Å². The third-order valence-corrected chi connectivity index (χ3v) is 4.55. The number of rotatable bonds is 6. The zero-order chi connectivity index (χ0) is 21.2. The van der Waals surface area contributed by atoms with Crippen molar-refractivity contribution in [2.24, 2.45) is 0 Å². The van der Waals surface area contributed by atoms with Gasteiger partial charge in [-0.2, -0.15) is 0 Å². The first-order chi connectivity index (χ1) is 13.7. The fraction of sp³-hybridized carbons (Fsp3) is 0.304. The van der Waals surface area contributed by atoms with Gasteiger partial charge in [-0.25, -0.2) is 0 Å². The number of aryl methyl sites for hydroxylation is 1. The summed E-state index contributed by atoms with van der Waals surface area (Å²) in [6.07, 6.45) is 2.16. The lowest BCUT2D eigenvalue weighted by atomic mass is 9.85. The monoisotopic (exact) mass is 395 g/mol. The van der Waals surface area contributed by atoms with Crippen LogP contribution in [0.15, 0.2) is 51.9 Å². The molecule has 2 aromatic carbocycles. The van der Waals surface area contributed by atoms with E-state index < -0.39 is 12.6 Å². The van der Waals surface area contributed by atoms with Gasteiger partial charge in [-0.15, -0.1) is 0 Å². The third kappa shape index (κ3) is 4.59. The van der Waals surface area contributed by atoms with E-state index in [-0.39, 0.29) is 27.9 Å². The van der Waals surface area contributed by atoms with E-state index in [1.165, 1.54) is 30.0 Å². The Hall–Kier alpha value is -3.28. The molecular formula is C23H23O6-. The highest BCUT2D eigenvalue weighted by Crippen LogP contribution is 2.35. The molecule has 0 saturated carbocycles. The van der Waals surface area contributed by atoms with E-state index >= 15 is 0 Å². The largest absolute Gasteiger partial charge is 0.546 e. The number of ether oxygens (including phenoxy) is 2. The summed E-state index contributed by atoms with van der Waals surface area (Å²) in [4.78, 5) is 23.4. The minimum atomic E-state index is -1.33. The summed E-state index contributed by atoms with van der Waals surface area (Å²) in [7, 11) is 0. The second-order valence-electron chi connectivity index (χ2n) is 7.78. The predicted molar refractivity (Wildman–Crippen MR) is 108 cm³/mol. The molecule has 1 heterocycles. The van der Waals surface area contributed by atoms with Crippen LogP contribution in [0.3, 0.4) is 0 Å². The van der Waals surface area contributed by atoms with Crippen molar-refractivity contribution < 1.29 is 23.8 Å². The van der Waals surface area contributed by atoms with Crippen LogP contribution >= 0.6 is 0 Å². The van der Waals surface area contributed by atoms with Crippen LogP contribution in [0, 0.1) is 0 Å². The molecule has 6 heteroatoms. The molecule has 0 unspecified atom stereocenters. The Morgan fingerprint density at radius 1 is 1.10 bits per heavy atom. The number of fused-ring (bicyclic) bond motifs is 1. The number of hydrogen-bond acceptors (Lipinski definition) is 6. The fourth-order valence-corrected chi connectivity index (χ4v) is 2.98. The van der Waals surface area contributed by atoms with Gasteiger partial charge in [0.1, 0.15) is 30.0 Å². The molecule has 3 rings (SSSR count). The lowest BCUT2D eigenvalue weighted by Gasteiger charge is -2.23. The molecular weight excluding hydrogens is 372 g/mol. The topological polar surface area (TPSA) is 88.8 Å². The number of carboxylic acids is 1. The Morgan fingerprint density at radius 3 is 2.52 bits per heavy atom. The normalized spacial score (nSPS) is 11.4. The van der Waals surface area contributed by atoms with Gasteiger partial charge in [0.25, 0.3) is 0 Å². The molecule has 0 spiro atoms. The van der Waals surface area contributed by atoms with Gasteiger partial charge in [0.05, 0.1) is 11.4 Å². The predicted octanol–water partition coefficient (Wildman–Crippen LogP) is 3.57. The maximum absolute atomic E-state index is 12.9. The average Bonchev–Trinajstić information content (AvgIpc) is 2.68. The molecule has 0 aliphatic rings. The van der Waals surface area contributed by atoms with Gasteiger partial charge in [0, 0.05) is 11.6 Å². The van der Waals surface area contributed by atoms with Crippen LogP contribution in [0.25, 0.3) is 11.0 Å². The number of aliphatic carboxylic acids is 1. The molecule has 3 aromatic rings. The standard InChI is InChI=1S/C23H24O6/c1-5-14-6-9-18(17(10-14)23(2,3)4)29-20-12-28-19-11-15(27-13-21(24)25)7-8-16(19)22(20)26/h6-12H,5,13H2,1-4H3,(H,24,25)/p-1. The molecule has 0 fully saturated rings. The third-order valence-electron chi connectivity index (χ3n) is 4.55. The minimum absolute atomic E-state index is 0.0793. The highest BCUT2D eigenvalue weighted by molar-refractivity contribution is 5.79. The molecule has 0 aliphatic carbocycles. The first kappa shape index (κ1) is 20.5. The summed E-state index contributed by atoms with van der Waals surface area (Å²) < 4.78 is 16.6. The molecule has 0 saturated heterocycles. The molecule has 152 valence electrons. The van der Waals surface area contributed by atoms with Crippen molar-refractivity contribution in [3.63, 3.8) is 0 Å². The number of carbonyl (C=O) groups is 1. The molecule has 0 bridgehead atoms. The second-order valence-corrected chi connectivity index (χ2v) is 7.78. The molecule has 0 N–H and O–H groups in total. The summed E-state index contributed by atoms with van der Waals surface area (Å²) in [5, 5.41) is 10.8. The van der Waals surface area contributed by atoms with Crippen LogP contribution in [-0.4, -0.2) is 12.6 Å². The van der Waals surface area contributed by atoms with E-state index in [1.807, 2.05) is 12.1 Å². The van der Waals surface area contributed by atoms with Gasteiger partial charge in [-0.3, -0.25) is 4.79 Å². The Labute approximate surface area is 168 Å². The number of carbonyl (C=O) groups excluding carboxylic acids is 1. The van der Waals surface area contributed by atoms with E-state index in [0.717, 1.165) is 12.0 Å². The Kier molecular flexibility index (Phi) is 5.64. The molecule has 0 amide bonds. The van der Waals surface area contributed by atoms with Crippen molar-refractivity contribution in [1.29, 1.82) is 0 Å². The van der Waals surface area contributed by atoms with Crippen LogP contribution in [-0.2, 0) is 16.6 Å². The summed E-state index contributed by atoms with van der Waals surface area (Å²) in [6.45, 7) is 7.77. The summed E-state index contributed by atoms with van der Waals surface area (Å²) in [5.74, 6) is -0.381. The van der Waals surface area contributed by atoms with Gasteiger partial charge in [0.2, 0.25) is 11.2 Å². The average molecular weight is 395 g/mol. The number of carboxylic acid groups (broad SMARTS) is 1. The van der Waals surface area contributed by atoms with Crippen LogP contribution < -0.4 is 20.0 Å².